The average molecular weight is 503 g/mol. The number of carbonyl (C=O) groups is 2. The van der Waals surface area contributed by atoms with Crippen molar-refractivity contribution in [3.63, 3.8) is 0 Å². The van der Waals surface area contributed by atoms with E-state index < -0.39 is 0 Å². The van der Waals surface area contributed by atoms with E-state index in [0.717, 1.165) is 46.9 Å². The van der Waals surface area contributed by atoms with E-state index in [2.05, 4.69) is 22.5 Å². The molecule has 0 bridgehead atoms. The van der Waals surface area contributed by atoms with Gasteiger partial charge in [-0.05, 0) is 55.3 Å². The van der Waals surface area contributed by atoms with Crippen molar-refractivity contribution in [3.8, 4) is 5.75 Å². The Labute approximate surface area is 218 Å². The molecule has 1 aliphatic rings. The summed E-state index contributed by atoms with van der Waals surface area (Å²) in [6.07, 6.45) is 0. The van der Waals surface area contributed by atoms with E-state index in [1.54, 1.807) is 19.2 Å². The summed E-state index contributed by atoms with van der Waals surface area (Å²) < 4.78 is 5.53. The number of piperazine rings is 1. The number of nitrogens with zero attached hydrogens (tertiary/aromatic N) is 3. The van der Waals surface area contributed by atoms with Crippen LogP contribution in [0.2, 0.25) is 0 Å². The zero-order valence-electron chi connectivity index (χ0n) is 21.9. The van der Waals surface area contributed by atoms with Crippen molar-refractivity contribution in [1.82, 2.24) is 10.4 Å². The highest BCUT2D eigenvalue weighted by Crippen LogP contribution is 2.29. The highest BCUT2D eigenvalue weighted by molar-refractivity contribution is 5.94. The second kappa shape index (κ2) is 11.8. The molecule has 1 heterocycles. The van der Waals surface area contributed by atoms with Crippen LogP contribution in [0, 0.1) is 13.8 Å². The minimum Gasteiger partial charge on any atom is -0.495 e. The van der Waals surface area contributed by atoms with Crippen molar-refractivity contribution in [2.45, 2.75) is 20.4 Å². The first-order chi connectivity index (χ1) is 17.9. The zero-order chi connectivity index (χ0) is 26.4. The van der Waals surface area contributed by atoms with E-state index in [9.17, 15) is 9.59 Å². The number of methoxy groups -OCH3 is 1. The van der Waals surface area contributed by atoms with Crippen LogP contribution in [-0.4, -0.2) is 57.2 Å². The van der Waals surface area contributed by atoms with Crippen LogP contribution < -0.4 is 20.0 Å². The van der Waals surface area contributed by atoms with Crippen molar-refractivity contribution in [3.05, 3.63) is 89.0 Å². The first-order valence-corrected chi connectivity index (χ1v) is 12.3. The van der Waals surface area contributed by atoms with Crippen molar-refractivity contribution >= 4 is 23.3 Å². The summed E-state index contributed by atoms with van der Waals surface area (Å²) in [5.41, 5.74) is 7.84. The van der Waals surface area contributed by atoms with E-state index in [0.29, 0.717) is 25.2 Å². The first kappa shape index (κ1) is 26.0. The van der Waals surface area contributed by atoms with Crippen LogP contribution in [0.15, 0.2) is 66.7 Å². The average Bonchev–Trinajstić information content (AvgIpc) is 2.92. The molecule has 3 aromatic rings. The number of hydrogen-bond acceptors (Lipinski definition) is 5. The number of hydrogen-bond donors (Lipinski definition) is 1. The quantitative estimate of drug-likeness (QED) is 0.480. The molecular weight excluding hydrogens is 468 g/mol. The summed E-state index contributed by atoms with van der Waals surface area (Å²) in [6.45, 7) is 7.11. The highest BCUT2D eigenvalue weighted by atomic mass is 16.6. The maximum atomic E-state index is 13.9. The molecule has 8 nitrogen and oxygen atoms in total. The number of benzene rings is 3. The number of amides is 3. The van der Waals surface area contributed by atoms with E-state index in [1.807, 2.05) is 66.1 Å². The predicted molar refractivity (Wildman–Crippen MR) is 145 cm³/mol. The van der Waals surface area contributed by atoms with Crippen molar-refractivity contribution in [2.24, 2.45) is 0 Å². The van der Waals surface area contributed by atoms with Crippen LogP contribution in [0.1, 0.15) is 27.0 Å². The Morgan fingerprint density at radius 1 is 0.919 bits per heavy atom. The van der Waals surface area contributed by atoms with Crippen molar-refractivity contribution < 1.29 is 19.2 Å². The van der Waals surface area contributed by atoms with Gasteiger partial charge in [-0.2, -0.15) is 0 Å². The Bertz CT molecular complexity index is 1240. The Kier molecular flexibility index (Phi) is 8.30. The summed E-state index contributed by atoms with van der Waals surface area (Å²) in [6, 6.07) is 21.3. The fraction of sp³-hybridized carbons (Fsp3) is 0.310. The molecular formula is C29H34N4O4. The van der Waals surface area contributed by atoms with Gasteiger partial charge in [-0.25, -0.2) is 10.3 Å². The first-order valence-electron chi connectivity index (χ1n) is 12.3. The SMILES string of the molecule is CONC(=O)c1ccc(CN(C(=O)N2CCN(c3ccccc3OC)CC2)c2ccc(C)cc2C)cc1. The lowest BCUT2D eigenvalue weighted by Crippen LogP contribution is -2.53. The summed E-state index contributed by atoms with van der Waals surface area (Å²) in [5, 5.41) is 0. The molecule has 0 radical (unpaired) electrons. The maximum absolute atomic E-state index is 13.9. The molecule has 0 unspecified atom stereocenters. The number of ether oxygens (including phenoxy) is 1. The van der Waals surface area contributed by atoms with Crippen molar-refractivity contribution in [1.29, 1.82) is 0 Å². The Hall–Kier alpha value is -4.04. The normalized spacial score (nSPS) is 13.3. The molecule has 3 aromatic carbocycles. The third-order valence-electron chi connectivity index (χ3n) is 6.60. The molecule has 4 rings (SSSR count). The van der Waals surface area contributed by atoms with Gasteiger partial charge in [-0.3, -0.25) is 14.5 Å². The van der Waals surface area contributed by atoms with Gasteiger partial charge in [0.1, 0.15) is 5.75 Å². The Morgan fingerprint density at radius 2 is 1.62 bits per heavy atom. The van der Waals surface area contributed by atoms with Gasteiger partial charge in [0, 0.05) is 37.4 Å². The molecule has 1 fully saturated rings. The number of aryl methyl sites for hydroxylation is 2. The molecule has 0 aliphatic carbocycles. The molecule has 0 saturated carbocycles. The molecule has 1 N–H and O–H groups in total. The van der Waals surface area contributed by atoms with Gasteiger partial charge in [0.05, 0.1) is 26.5 Å². The van der Waals surface area contributed by atoms with Gasteiger partial charge >= 0.3 is 6.03 Å². The molecule has 1 saturated heterocycles. The zero-order valence-corrected chi connectivity index (χ0v) is 21.9. The summed E-state index contributed by atoms with van der Waals surface area (Å²) in [5.74, 6) is 0.520. The van der Waals surface area contributed by atoms with E-state index in [-0.39, 0.29) is 11.9 Å². The largest absolute Gasteiger partial charge is 0.495 e. The Balaban J connectivity index is 1.53. The molecule has 0 atom stereocenters. The summed E-state index contributed by atoms with van der Waals surface area (Å²) >= 11 is 0. The maximum Gasteiger partial charge on any atom is 0.324 e. The van der Waals surface area contributed by atoms with Crippen LogP contribution in [0.5, 0.6) is 5.75 Å². The lowest BCUT2D eigenvalue weighted by Gasteiger charge is -2.39. The van der Waals surface area contributed by atoms with Gasteiger partial charge in [-0.1, -0.05) is 42.0 Å². The van der Waals surface area contributed by atoms with Crippen LogP contribution in [0.25, 0.3) is 0 Å². The van der Waals surface area contributed by atoms with Gasteiger partial charge in [0.15, 0.2) is 0 Å². The van der Waals surface area contributed by atoms with E-state index in [1.165, 1.54) is 7.11 Å². The van der Waals surface area contributed by atoms with Crippen LogP contribution >= 0.6 is 0 Å². The standard InChI is InChI=1S/C29H34N4O4/c1-21-9-14-25(22(2)19-21)33(20-23-10-12-24(13-11-23)28(34)30-37-4)29(35)32-17-15-31(16-18-32)26-7-5-6-8-27(26)36-3/h5-14,19H,15-18,20H2,1-4H3,(H,30,34). The minimum atomic E-state index is -0.315. The molecule has 0 aromatic heterocycles. The fourth-order valence-corrected chi connectivity index (χ4v) is 4.66. The summed E-state index contributed by atoms with van der Waals surface area (Å²) in [7, 11) is 3.08. The monoisotopic (exact) mass is 502 g/mol. The van der Waals surface area contributed by atoms with Crippen LogP contribution in [0.4, 0.5) is 16.2 Å². The van der Waals surface area contributed by atoms with Gasteiger partial charge < -0.3 is 14.5 Å². The second-order valence-electron chi connectivity index (χ2n) is 9.14. The molecule has 194 valence electrons. The lowest BCUT2D eigenvalue weighted by atomic mass is 10.1. The minimum absolute atomic E-state index is 0.0344. The second-order valence-corrected chi connectivity index (χ2v) is 9.14. The Morgan fingerprint density at radius 3 is 2.27 bits per heavy atom. The van der Waals surface area contributed by atoms with E-state index in [4.69, 9.17) is 9.57 Å². The molecule has 1 aliphatic heterocycles. The predicted octanol–water partition coefficient (Wildman–Crippen LogP) is 4.55. The van der Waals surface area contributed by atoms with Gasteiger partial charge in [0.2, 0.25) is 0 Å². The third kappa shape index (κ3) is 6.03. The van der Waals surface area contributed by atoms with Crippen LogP contribution in [0.3, 0.4) is 0 Å². The highest BCUT2D eigenvalue weighted by Gasteiger charge is 2.28. The molecule has 37 heavy (non-hydrogen) atoms. The number of hydroxylamine groups is 1. The smallest absolute Gasteiger partial charge is 0.324 e. The number of nitrogens with one attached hydrogen (secondary N) is 1. The van der Waals surface area contributed by atoms with Crippen molar-refractivity contribution in [2.75, 3.05) is 50.2 Å². The number of anilines is 2. The number of urea groups is 1. The third-order valence-corrected chi connectivity index (χ3v) is 6.60. The van der Waals surface area contributed by atoms with Crippen LogP contribution in [-0.2, 0) is 11.4 Å². The van der Waals surface area contributed by atoms with E-state index >= 15 is 0 Å². The van der Waals surface area contributed by atoms with Gasteiger partial charge in [0.25, 0.3) is 5.91 Å². The van der Waals surface area contributed by atoms with Gasteiger partial charge in [-0.15, -0.1) is 0 Å². The lowest BCUT2D eigenvalue weighted by molar-refractivity contribution is 0.0537. The summed E-state index contributed by atoms with van der Waals surface area (Å²) in [4.78, 5) is 36.6. The fourth-order valence-electron chi connectivity index (χ4n) is 4.66. The molecule has 3 amide bonds. The topological polar surface area (TPSA) is 74.4 Å². The molecule has 8 heteroatoms. The number of rotatable bonds is 7. The number of para-hydroxylation sites is 2. The number of carbonyl (C=O) groups excluding carboxylic acids is 2. The molecule has 0 spiro atoms.